The van der Waals surface area contributed by atoms with Crippen molar-refractivity contribution in [1.82, 2.24) is 4.98 Å². The number of anilines is 1. The summed E-state index contributed by atoms with van der Waals surface area (Å²) in [5, 5.41) is 13.9. The van der Waals surface area contributed by atoms with E-state index in [0.29, 0.717) is 0 Å². The molecule has 1 aromatic heterocycles. The highest BCUT2D eigenvalue weighted by Gasteiger charge is 2.10. The van der Waals surface area contributed by atoms with Gasteiger partial charge in [0.2, 0.25) is 5.88 Å². The lowest BCUT2D eigenvalue weighted by Crippen LogP contribution is -2.15. The van der Waals surface area contributed by atoms with Gasteiger partial charge < -0.3 is 14.6 Å². The minimum absolute atomic E-state index is 0.0760. The molecule has 27 heavy (non-hydrogen) atoms. The lowest BCUT2D eigenvalue weighted by molar-refractivity contribution is -0.135. The Morgan fingerprint density at radius 1 is 1.30 bits per heavy atom. The second-order valence-corrected chi connectivity index (χ2v) is 7.43. The molecule has 0 spiro atoms. The number of pyridine rings is 1. The summed E-state index contributed by atoms with van der Waals surface area (Å²) in [6.45, 7) is 3.40. The van der Waals surface area contributed by atoms with Gasteiger partial charge in [0.25, 0.3) is 0 Å². The molecule has 1 heterocycles. The van der Waals surface area contributed by atoms with E-state index >= 15 is 0 Å². The first-order valence-electron chi connectivity index (χ1n) is 7.85. The van der Waals surface area contributed by atoms with Gasteiger partial charge in [0.15, 0.2) is 9.84 Å². The molecule has 144 valence electrons. The van der Waals surface area contributed by atoms with Crippen LogP contribution in [0.4, 0.5) is 5.69 Å². The Balaban J connectivity index is 2.08. The van der Waals surface area contributed by atoms with E-state index in [-0.39, 0.29) is 40.3 Å². The van der Waals surface area contributed by atoms with Crippen molar-refractivity contribution in [2.45, 2.75) is 18.7 Å². The van der Waals surface area contributed by atoms with Crippen LogP contribution in [0.3, 0.4) is 0 Å². The topological polar surface area (TPSA) is 127 Å². The van der Waals surface area contributed by atoms with Gasteiger partial charge in [0.05, 0.1) is 17.2 Å². The quantitative estimate of drug-likeness (QED) is 0.318. The zero-order valence-corrected chi connectivity index (χ0v) is 15.8. The molecule has 2 N–H and O–H groups in total. The summed E-state index contributed by atoms with van der Waals surface area (Å²) in [6, 6.07) is 7.15. The van der Waals surface area contributed by atoms with Gasteiger partial charge in [-0.3, -0.25) is 5.43 Å². The highest BCUT2D eigenvalue weighted by atomic mass is 32.2. The van der Waals surface area contributed by atoms with Crippen LogP contribution in [0.25, 0.3) is 0 Å². The predicted molar refractivity (Wildman–Crippen MR) is 98.9 cm³/mol. The number of esters is 1. The van der Waals surface area contributed by atoms with Gasteiger partial charge >= 0.3 is 5.97 Å². The van der Waals surface area contributed by atoms with Crippen molar-refractivity contribution in [3.63, 3.8) is 0 Å². The smallest absolute Gasteiger partial charge is 0.354 e. The molecular weight excluding hydrogens is 374 g/mol. The SMILES string of the molecule is CCOC(=O)/C(C)=N\Nc1ccc(Oc2ccc(S(C)(=O)=O)cn2)cc1O. The van der Waals surface area contributed by atoms with Gasteiger partial charge in [-0.15, -0.1) is 0 Å². The van der Waals surface area contributed by atoms with Crippen LogP contribution < -0.4 is 10.2 Å². The normalized spacial score (nSPS) is 11.7. The average molecular weight is 393 g/mol. The summed E-state index contributed by atoms with van der Waals surface area (Å²) in [5.74, 6) is -0.281. The molecule has 0 fully saturated rings. The van der Waals surface area contributed by atoms with E-state index in [4.69, 9.17) is 9.47 Å². The van der Waals surface area contributed by atoms with Crippen LogP contribution in [-0.2, 0) is 19.4 Å². The maximum atomic E-state index is 11.5. The van der Waals surface area contributed by atoms with Crippen LogP contribution in [0, 0.1) is 0 Å². The number of aromatic nitrogens is 1. The number of nitrogens with zero attached hydrogens (tertiary/aromatic N) is 2. The fourth-order valence-corrected chi connectivity index (χ4v) is 2.42. The van der Waals surface area contributed by atoms with E-state index in [1.165, 1.54) is 37.4 Å². The van der Waals surface area contributed by atoms with Crippen molar-refractivity contribution < 1.29 is 27.8 Å². The molecule has 2 rings (SSSR count). The van der Waals surface area contributed by atoms with Crippen LogP contribution in [0.1, 0.15) is 13.8 Å². The monoisotopic (exact) mass is 393 g/mol. The third-order valence-electron chi connectivity index (χ3n) is 3.24. The number of benzene rings is 1. The van der Waals surface area contributed by atoms with Crippen molar-refractivity contribution in [3.8, 4) is 17.4 Å². The highest BCUT2D eigenvalue weighted by molar-refractivity contribution is 7.90. The zero-order chi connectivity index (χ0) is 20.0. The molecule has 0 unspecified atom stereocenters. The van der Waals surface area contributed by atoms with Crippen molar-refractivity contribution >= 4 is 27.2 Å². The maximum absolute atomic E-state index is 11.5. The van der Waals surface area contributed by atoms with Crippen LogP contribution >= 0.6 is 0 Å². The number of aromatic hydroxyl groups is 1. The lowest BCUT2D eigenvalue weighted by Gasteiger charge is -2.09. The van der Waals surface area contributed by atoms with E-state index < -0.39 is 15.8 Å². The average Bonchev–Trinajstić information content (AvgIpc) is 2.60. The van der Waals surface area contributed by atoms with Crippen molar-refractivity contribution in [2.75, 3.05) is 18.3 Å². The van der Waals surface area contributed by atoms with E-state index in [1.54, 1.807) is 13.0 Å². The first-order chi connectivity index (χ1) is 12.7. The van der Waals surface area contributed by atoms with E-state index in [9.17, 15) is 18.3 Å². The molecule has 0 atom stereocenters. The van der Waals surface area contributed by atoms with Gasteiger partial charge in [-0.2, -0.15) is 5.10 Å². The van der Waals surface area contributed by atoms with Gasteiger partial charge in [-0.25, -0.2) is 18.2 Å². The van der Waals surface area contributed by atoms with Crippen molar-refractivity contribution in [2.24, 2.45) is 5.10 Å². The van der Waals surface area contributed by atoms with E-state index in [2.05, 4.69) is 15.5 Å². The maximum Gasteiger partial charge on any atom is 0.354 e. The number of nitrogens with one attached hydrogen (secondary N) is 1. The molecule has 9 nitrogen and oxygen atoms in total. The summed E-state index contributed by atoms with van der Waals surface area (Å²) in [6.07, 6.45) is 2.27. The number of hydrazone groups is 1. The van der Waals surface area contributed by atoms with E-state index in [1.807, 2.05) is 0 Å². The minimum Gasteiger partial charge on any atom is -0.506 e. The fraction of sp³-hybridized carbons (Fsp3) is 0.235. The number of phenols is 1. The Kier molecular flexibility index (Phi) is 6.35. The third-order valence-corrected chi connectivity index (χ3v) is 4.34. The Morgan fingerprint density at radius 2 is 2.04 bits per heavy atom. The fourth-order valence-electron chi connectivity index (χ4n) is 1.86. The lowest BCUT2D eigenvalue weighted by atomic mass is 10.3. The van der Waals surface area contributed by atoms with Gasteiger partial charge in [0.1, 0.15) is 17.2 Å². The Hall–Kier alpha value is -3.14. The summed E-state index contributed by atoms with van der Waals surface area (Å²) in [7, 11) is -3.34. The van der Waals surface area contributed by atoms with Gasteiger partial charge in [0, 0.05) is 24.6 Å². The van der Waals surface area contributed by atoms with E-state index in [0.717, 1.165) is 6.26 Å². The largest absolute Gasteiger partial charge is 0.506 e. The Morgan fingerprint density at radius 3 is 2.59 bits per heavy atom. The molecule has 0 bridgehead atoms. The minimum atomic E-state index is -3.34. The second-order valence-electron chi connectivity index (χ2n) is 5.41. The molecule has 0 saturated heterocycles. The summed E-state index contributed by atoms with van der Waals surface area (Å²) < 4.78 is 33.1. The van der Waals surface area contributed by atoms with Crippen LogP contribution in [0.2, 0.25) is 0 Å². The number of hydrogen-bond acceptors (Lipinski definition) is 9. The first-order valence-corrected chi connectivity index (χ1v) is 9.74. The zero-order valence-electron chi connectivity index (χ0n) is 15.0. The summed E-state index contributed by atoms with van der Waals surface area (Å²) in [5.41, 5.74) is 2.93. The van der Waals surface area contributed by atoms with Crippen LogP contribution in [0.5, 0.6) is 17.4 Å². The predicted octanol–water partition coefficient (Wildman–Crippen LogP) is 2.33. The number of rotatable bonds is 7. The molecule has 0 saturated carbocycles. The number of phenolic OH excluding ortho intramolecular Hbond substituents is 1. The molecule has 0 aliphatic carbocycles. The molecule has 1 aromatic carbocycles. The molecule has 2 aromatic rings. The summed E-state index contributed by atoms with van der Waals surface area (Å²) >= 11 is 0. The molecule has 10 heteroatoms. The number of hydrogen-bond donors (Lipinski definition) is 2. The summed E-state index contributed by atoms with van der Waals surface area (Å²) in [4.78, 5) is 15.5. The van der Waals surface area contributed by atoms with Gasteiger partial charge in [-0.1, -0.05) is 0 Å². The first kappa shape index (κ1) is 20.2. The highest BCUT2D eigenvalue weighted by Crippen LogP contribution is 2.30. The molecule has 0 radical (unpaired) electrons. The van der Waals surface area contributed by atoms with Crippen LogP contribution in [-0.4, -0.2) is 43.1 Å². The molecular formula is C17H19N3O6S. The number of carbonyl (C=O) groups excluding carboxylic acids is 1. The van der Waals surface area contributed by atoms with Crippen molar-refractivity contribution in [3.05, 3.63) is 36.5 Å². The Bertz CT molecular complexity index is 955. The van der Waals surface area contributed by atoms with Crippen molar-refractivity contribution in [1.29, 1.82) is 0 Å². The van der Waals surface area contributed by atoms with Gasteiger partial charge in [-0.05, 0) is 32.0 Å². The number of sulfone groups is 1. The number of ether oxygens (including phenoxy) is 2. The third kappa shape index (κ3) is 5.68. The Labute approximate surface area is 156 Å². The molecule has 0 aliphatic heterocycles. The molecule has 0 aliphatic rings. The van der Waals surface area contributed by atoms with Crippen LogP contribution in [0.15, 0.2) is 46.5 Å². The second kappa shape index (κ2) is 8.49. The standard InChI is InChI=1S/C17H19N3O6S/c1-4-25-17(22)11(2)19-20-14-7-5-12(9-15(14)21)26-16-8-6-13(10-18-16)27(3,23)24/h5-10,20-21H,4H2,1-3H3/b19-11-. The molecule has 0 amide bonds. The number of carbonyl (C=O) groups is 1.